The summed E-state index contributed by atoms with van der Waals surface area (Å²) in [6.07, 6.45) is 2.21. The lowest BCUT2D eigenvalue weighted by Crippen LogP contribution is -2.51. The minimum absolute atomic E-state index is 0.0662. The zero-order chi connectivity index (χ0) is 18.6. The highest BCUT2D eigenvalue weighted by Crippen LogP contribution is 2.25. The van der Waals surface area contributed by atoms with Crippen molar-refractivity contribution in [3.63, 3.8) is 0 Å². The molecule has 0 spiro atoms. The molecule has 0 unspecified atom stereocenters. The predicted octanol–water partition coefficient (Wildman–Crippen LogP) is 2.39. The second kappa shape index (κ2) is 7.92. The van der Waals surface area contributed by atoms with Gasteiger partial charge in [0.25, 0.3) is 5.91 Å². The molecule has 1 saturated heterocycles. The Balaban J connectivity index is 1.39. The van der Waals surface area contributed by atoms with Crippen LogP contribution in [0.2, 0.25) is 0 Å². The van der Waals surface area contributed by atoms with Gasteiger partial charge in [-0.3, -0.25) is 14.5 Å². The Hall–Kier alpha value is -2.66. The summed E-state index contributed by atoms with van der Waals surface area (Å²) in [6.45, 7) is 3.20. The Morgan fingerprint density at radius 1 is 0.889 bits per heavy atom. The first-order valence-electron chi connectivity index (χ1n) is 9.66. The first-order valence-corrected chi connectivity index (χ1v) is 9.66. The fraction of sp³-hybridized carbons (Fsp3) is 0.364. The summed E-state index contributed by atoms with van der Waals surface area (Å²) in [4.78, 5) is 29.1. The van der Waals surface area contributed by atoms with E-state index >= 15 is 0 Å². The topological polar surface area (TPSA) is 52.7 Å². The smallest absolute Gasteiger partial charge is 0.254 e. The van der Waals surface area contributed by atoms with Crippen LogP contribution < -0.4 is 5.32 Å². The van der Waals surface area contributed by atoms with Gasteiger partial charge in [0.15, 0.2) is 0 Å². The van der Waals surface area contributed by atoms with E-state index in [4.69, 9.17) is 0 Å². The van der Waals surface area contributed by atoms with Crippen molar-refractivity contribution in [2.75, 3.05) is 32.7 Å². The fourth-order valence-electron chi connectivity index (χ4n) is 3.52. The molecule has 0 radical (unpaired) electrons. The second-order valence-electron chi connectivity index (χ2n) is 7.32. The molecule has 1 aliphatic carbocycles. The normalized spacial score (nSPS) is 17.6. The molecule has 2 aromatic rings. The number of nitrogens with one attached hydrogen (secondary N) is 1. The maximum absolute atomic E-state index is 13.1. The summed E-state index contributed by atoms with van der Waals surface area (Å²) in [5, 5.41) is 3.03. The van der Waals surface area contributed by atoms with E-state index in [2.05, 4.69) is 10.2 Å². The van der Waals surface area contributed by atoms with E-state index < -0.39 is 0 Å². The lowest BCUT2D eigenvalue weighted by Gasteiger charge is -2.34. The van der Waals surface area contributed by atoms with Gasteiger partial charge >= 0.3 is 0 Å². The SMILES string of the molecule is O=C(CN1CCN(C(=O)c2ccccc2-c2ccccc2)CC1)NC1CC1. The van der Waals surface area contributed by atoms with Gasteiger partial charge in [-0.05, 0) is 30.0 Å². The van der Waals surface area contributed by atoms with Crippen LogP contribution in [0.1, 0.15) is 23.2 Å². The van der Waals surface area contributed by atoms with Gasteiger partial charge in [0.2, 0.25) is 5.91 Å². The highest BCUT2D eigenvalue weighted by Gasteiger charge is 2.27. The standard InChI is InChI=1S/C22H25N3O2/c26-21(23-18-10-11-18)16-24-12-14-25(15-13-24)22(27)20-9-5-4-8-19(20)17-6-2-1-3-7-17/h1-9,18H,10-16H2,(H,23,26). The molecule has 2 aliphatic rings. The number of carbonyl (C=O) groups excluding carboxylic acids is 2. The van der Waals surface area contributed by atoms with Gasteiger partial charge in [0.1, 0.15) is 0 Å². The third-order valence-electron chi connectivity index (χ3n) is 5.21. The lowest BCUT2D eigenvalue weighted by molar-refractivity contribution is -0.122. The Kier molecular flexibility index (Phi) is 5.21. The molecule has 0 aromatic heterocycles. The molecule has 2 fully saturated rings. The van der Waals surface area contributed by atoms with Crippen LogP contribution in [0, 0.1) is 0 Å². The van der Waals surface area contributed by atoms with Crippen LogP contribution in [0.3, 0.4) is 0 Å². The zero-order valence-electron chi connectivity index (χ0n) is 15.4. The maximum atomic E-state index is 13.1. The first kappa shape index (κ1) is 17.7. The van der Waals surface area contributed by atoms with Crippen molar-refractivity contribution in [3.8, 4) is 11.1 Å². The van der Waals surface area contributed by atoms with Gasteiger partial charge in [-0.2, -0.15) is 0 Å². The van der Waals surface area contributed by atoms with Crippen molar-refractivity contribution >= 4 is 11.8 Å². The third-order valence-corrected chi connectivity index (χ3v) is 5.21. The van der Waals surface area contributed by atoms with E-state index in [9.17, 15) is 9.59 Å². The summed E-state index contributed by atoms with van der Waals surface area (Å²) in [5.41, 5.74) is 2.76. The fourth-order valence-corrected chi connectivity index (χ4v) is 3.52. The van der Waals surface area contributed by atoms with E-state index in [1.807, 2.05) is 59.5 Å². The minimum atomic E-state index is 0.0662. The number of rotatable bonds is 5. The molecule has 2 aromatic carbocycles. The molecule has 2 amide bonds. The highest BCUT2D eigenvalue weighted by molar-refractivity contribution is 6.01. The molecule has 1 N–H and O–H groups in total. The molecule has 5 heteroatoms. The molecule has 0 bridgehead atoms. The van der Waals surface area contributed by atoms with Gasteiger partial charge in [0.05, 0.1) is 6.54 Å². The van der Waals surface area contributed by atoms with E-state index in [0.717, 1.165) is 42.6 Å². The number of carbonyl (C=O) groups is 2. The monoisotopic (exact) mass is 363 g/mol. The van der Waals surface area contributed by atoms with E-state index in [-0.39, 0.29) is 11.8 Å². The first-order chi connectivity index (χ1) is 13.2. The second-order valence-corrected chi connectivity index (χ2v) is 7.32. The van der Waals surface area contributed by atoms with Gasteiger partial charge < -0.3 is 10.2 Å². The van der Waals surface area contributed by atoms with Gasteiger partial charge in [-0.25, -0.2) is 0 Å². The Morgan fingerprint density at radius 2 is 1.56 bits per heavy atom. The van der Waals surface area contributed by atoms with Gasteiger partial charge in [-0.1, -0.05) is 48.5 Å². The molecule has 27 heavy (non-hydrogen) atoms. The average molecular weight is 363 g/mol. The summed E-state index contributed by atoms with van der Waals surface area (Å²) in [7, 11) is 0. The number of hydrogen-bond acceptors (Lipinski definition) is 3. The number of benzene rings is 2. The Morgan fingerprint density at radius 3 is 2.26 bits per heavy atom. The van der Waals surface area contributed by atoms with Crippen LogP contribution in [-0.2, 0) is 4.79 Å². The summed E-state index contributed by atoms with van der Waals surface area (Å²) in [5.74, 6) is 0.170. The van der Waals surface area contributed by atoms with Gasteiger partial charge in [0, 0.05) is 37.8 Å². The van der Waals surface area contributed by atoms with Crippen molar-refractivity contribution in [3.05, 3.63) is 60.2 Å². The zero-order valence-corrected chi connectivity index (χ0v) is 15.4. The largest absolute Gasteiger partial charge is 0.352 e. The molecular weight excluding hydrogens is 338 g/mol. The Bertz CT molecular complexity index is 809. The van der Waals surface area contributed by atoms with Crippen LogP contribution in [0.25, 0.3) is 11.1 Å². The summed E-state index contributed by atoms with van der Waals surface area (Å²) >= 11 is 0. The molecule has 4 rings (SSSR count). The molecule has 1 saturated carbocycles. The van der Waals surface area contributed by atoms with Crippen LogP contribution in [0.4, 0.5) is 0 Å². The predicted molar refractivity (Wildman–Crippen MR) is 105 cm³/mol. The molecule has 1 heterocycles. The average Bonchev–Trinajstić information content (AvgIpc) is 3.52. The highest BCUT2D eigenvalue weighted by atomic mass is 16.2. The van der Waals surface area contributed by atoms with Gasteiger partial charge in [-0.15, -0.1) is 0 Å². The molecule has 140 valence electrons. The van der Waals surface area contributed by atoms with Crippen molar-refractivity contribution in [1.29, 1.82) is 0 Å². The molecule has 0 atom stereocenters. The third kappa shape index (κ3) is 4.37. The minimum Gasteiger partial charge on any atom is -0.352 e. The van der Waals surface area contributed by atoms with Crippen molar-refractivity contribution in [1.82, 2.24) is 15.1 Å². The number of amides is 2. The molecule has 1 aliphatic heterocycles. The van der Waals surface area contributed by atoms with Crippen LogP contribution >= 0.6 is 0 Å². The van der Waals surface area contributed by atoms with E-state index in [1.165, 1.54) is 0 Å². The molecular formula is C22H25N3O2. The van der Waals surface area contributed by atoms with Crippen LogP contribution in [0.5, 0.6) is 0 Å². The Labute approximate surface area is 160 Å². The van der Waals surface area contributed by atoms with Crippen LogP contribution in [0.15, 0.2) is 54.6 Å². The number of hydrogen-bond donors (Lipinski definition) is 1. The number of nitrogens with zero attached hydrogens (tertiary/aromatic N) is 2. The summed E-state index contributed by atoms with van der Waals surface area (Å²) < 4.78 is 0. The number of piperazine rings is 1. The van der Waals surface area contributed by atoms with Crippen molar-refractivity contribution < 1.29 is 9.59 Å². The van der Waals surface area contributed by atoms with Crippen molar-refractivity contribution in [2.45, 2.75) is 18.9 Å². The van der Waals surface area contributed by atoms with E-state index in [1.54, 1.807) is 0 Å². The summed E-state index contributed by atoms with van der Waals surface area (Å²) in [6, 6.07) is 18.2. The van der Waals surface area contributed by atoms with E-state index in [0.29, 0.717) is 25.7 Å². The molecule has 5 nitrogen and oxygen atoms in total. The van der Waals surface area contributed by atoms with Crippen molar-refractivity contribution in [2.24, 2.45) is 0 Å². The maximum Gasteiger partial charge on any atom is 0.254 e. The van der Waals surface area contributed by atoms with Crippen LogP contribution in [-0.4, -0.2) is 60.4 Å². The quantitative estimate of drug-likeness (QED) is 0.887. The lowest BCUT2D eigenvalue weighted by atomic mass is 9.98.